The first-order valence-electron chi connectivity index (χ1n) is 7.59. The zero-order valence-corrected chi connectivity index (χ0v) is 14.5. The van der Waals surface area contributed by atoms with E-state index in [1.807, 2.05) is 0 Å². The summed E-state index contributed by atoms with van der Waals surface area (Å²) in [6.07, 6.45) is -2.44. The van der Waals surface area contributed by atoms with E-state index in [4.69, 9.17) is 4.74 Å². The van der Waals surface area contributed by atoms with Gasteiger partial charge in [0.15, 0.2) is 18.1 Å². The van der Waals surface area contributed by atoms with Crippen LogP contribution in [-0.4, -0.2) is 45.0 Å². The number of rotatable bonds is 5. The molecule has 1 amide bonds. The van der Waals surface area contributed by atoms with Gasteiger partial charge < -0.3 is 19.5 Å². The Labute approximate surface area is 158 Å². The second kappa shape index (κ2) is 6.84. The van der Waals surface area contributed by atoms with E-state index in [0.717, 1.165) is 11.3 Å². The van der Waals surface area contributed by atoms with E-state index in [2.05, 4.69) is 30.3 Å². The van der Waals surface area contributed by atoms with Crippen LogP contribution in [0.3, 0.4) is 0 Å². The van der Waals surface area contributed by atoms with Gasteiger partial charge in [-0.05, 0) is 34.0 Å². The smallest absolute Gasteiger partial charge is 0.451 e. The SMILES string of the molecule is O=C(COC(=O)c1sccc1-n1cnnn1)Nc1ccc2c(c1)OC(F)(F)O2. The Balaban J connectivity index is 1.36. The van der Waals surface area contributed by atoms with Crippen molar-refractivity contribution in [3.05, 3.63) is 40.8 Å². The number of carbonyl (C=O) groups excluding carboxylic acids is 2. The highest BCUT2D eigenvalue weighted by molar-refractivity contribution is 7.12. The lowest BCUT2D eigenvalue weighted by Crippen LogP contribution is -2.25. The molecule has 2 aromatic heterocycles. The number of nitrogens with one attached hydrogen (secondary N) is 1. The normalized spacial score (nSPS) is 13.9. The number of benzene rings is 1. The Morgan fingerprint density at radius 2 is 2.07 bits per heavy atom. The second-order valence-corrected chi connectivity index (χ2v) is 6.26. The first kappa shape index (κ1) is 17.8. The van der Waals surface area contributed by atoms with Gasteiger partial charge in [0.2, 0.25) is 0 Å². The minimum absolute atomic E-state index is 0.151. The van der Waals surface area contributed by atoms with E-state index < -0.39 is 24.8 Å². The number of fused-ring (bicyclic) bond motifs is 1. The maximum absolute atomic E-state index is 13.0. The van der Waals surface area contributed by atoms with Gasteiger partial charge in [-0.3, -0.25) is 4.79 Å². The lowest BCUT2D eigenvalue weighted by Gasteiger charge is -2.07. The van der Waals surface area contributed by atoms with Crippen LogP contribution in [0.25, 0.3) is 5.69 Å². The highest BCUT2D eigenvalue weighted by Crippen LogP contribution is 2.42. The number of tetrazole rings is 1. The Morgan fingerprint density at radius 3 is 2.86 bits per heavy atom. The molecule has 144 valence electrons. The molecule has 0 bridgehead atoms. The van der Waals surface area contributed by atoms with Crippen molar-refractivity contribution < 1.29 is 32.6 Å². The van der Waals surface area contributed by atoms with E-state index >= 15 is 0 Å². The fourth-order valence-corrected chi connectivity index (χ4v) is 3.10. The number of halogens is 2. The van der Waals surface area contributed by atoms with Gasteiger partial charge in [0.25, 0.3) is 5.91 Å². The number of ether oxygens (including phenoxy) is 3. The van der Waals surface area contributed by atoms with Crippen molar-refractivity contribution >= 4 is 28.9 Å². The Bertz CT molecular complexity index is 1040. The van der Waals surface area contributed by atoms with Crippen LogP contribution in [-0.2, 0) is 9.53 Å². The third kappa shape index (κ3) is 3.59. The van der Waals surface area contributed by atoms with Crippen LogP contribution in [0.15, 0.2) is 36.0 Å². The van der Waals surface area contributed by atoms with Crippen molar-refractivity contribution in [2.45, 2.75) is 6.29 Å². The number of hydrogen-bond donors (Lipinski definition) is 1. The number of carbonyl (C=O) groups is 2. The summed E-state index contributed by atoms with van der Waals surface area (Å²) in [7, 11) is 0. The van der Waals surface area contributed by atoms with Crippen molar-refractivity contribution in [3.63, 3.8) is 0 Å². The zero-order valence-electron chi connectivity index (χ0n) is 13.7. The molecular weight excluding hydrogens is 400 g/mol. The highest BCUT2D eigenvalue weighted by atomic mass is 32.1. The van der Waals surface area contributed by atoms with Gasteiger partial charge in [0, 0.05) is 11.8 Å². The average Bonchev–Trinajstić information content (AvgIpc) is 3.36. The number of esters is 1. The predicted molar refractivity (Wildman–Crippen MR) is 88.6 cm³/mol. The molecule has 4 rings (SSSR count). The zero-order chi connectivity index (χ0) is 19.7. The van der Waals surface area contributed by atoms with Crippen molar-refractivity contribution in [3.8, 4) is 17.2 Å². The molecule has 0 unspecified atom stereocenters. The molecular formula is C15H9F2N5O5S. The molecule has 0 aliphatic carbocycles. The monoisotopic (exact) mass is 409 g/mol. The molecule has 1 aromatic carbocycles. The average molecular weight is 409 g/mol. The molecule has 1 aliphatic rings. The van der Waals surface area contributed by atoms with Crippen LogP contribution in [0.5, 0.6) is 11.5 Å². The molecule has 3 aromatic rings. The molecule has 28 heavy (non-hydrogen) atoms. The highest BCUT2D eigenvalue weighted by Gasteiger charge is 2.43. The summed E-state index contributed by atoms with van der Waals surface area (Å²) in [6.45, 7) is -0.587. The van der Waals surface area contributed by atoms with Gasteiger partial charge in [0.05, 0.1) is 5.69 Å². The summed E-state index contributed by atoms with van der Waals surface area (Å²) in [4.78, 5) is 24.4. The molecule has 0 spiro atoms. The summed E-state index contributed by atoms with van der Waals surface area (Å²) < 4.78 is 40.9. The standard InChI is InChI=1S/C15H9F2N5O5S/c16-15(17)26-10-2-1-8(5-11(10)27-15)19-12(23)6-25-14(24)13-9(3-4-28-13)22-7-18-20-21-22/h1-5,7H,6H2,(H,19,23). The molecule has 1 aliphatic heterocycles. The second-order valence-electron chi connectivity index (χ2n) is 5.34. The number of nitrogens with zero attached hydrogens (tertiary/aromatic N) is 4. The van der Waals surface area contributed by atoms with Crippen LogP contribution in [0.4, 0.5) is 14.5 Å². The van der Waals surface area contributed by atoms with Crippen LogP contribution in [0, 0.1) is 0 Å². The number of amides is 1. The summed E-state index contributed by atoms with van der Waals surface area (Å²) in [5.74, 6) is -1.77. The van der Waals surface area contributed by atoms with Crippen molar-refractivity contribution in [2.75, 3.05) is 11.9 Å². The van der Waals surface area contributed by atoms with Crippen LogP contribution in [0.2, 0.25) is 0 Å². The predicted octanol–water partition coefficient (Wildman–Crippen LogP) is 1.84. The van der Waals surface area contributed by atoms with Gasteiger partial charge in [0.1, 0.15) is 11.2 Å². The van der Waals surface area contributed by atoms with Crippen molar-refractivity contribution in [1.29, 1.82) is 0 Å². The summed E-state index contributed by atoms with van der Waals surface area (Å²) >= 11 is 1.10. The molecule has 13 heteroatoms. The number of thiophene rings is 1. The maximum Gasteiger partial charge on any atom is 0.586 e. The summed E-state index contributed by atoms with van der Waals surface area (Å²) in [5, 5.41) is 14.7. The van der Waals surface area contributed by atoms with Gasteiger partial charge in [-0.2, -0.15) is 4.68 Å². The first-order chi connectivity index (χ1) is 13.4. The quantitative estimate of drug-likeness (QED) is 0.635. The molecule has 3 heterocycles. The number of aromatic nitrogens is 4. The van der Waals surface area contributed by atoms with E-state index in [0.29, 0.717) is 5.69 Å². The lowest BCUT2D eigenvalue weighted by molar-refractivity contribution is -0.286. The van der Waals surface area contributed by atoms with E-state index in [9.17, 15) is 18.4 Å². The van der Waals surface area contributed by atoms with Gasteiger partial charge in [-0.25, -0.2) is 4.79 Å². The maximum atomic E-state index is 13.0. The van der Waals surface area contributed by atoms with Crippen molar-refractivity contribution in [2.24, 2.45) is 0 Å². The first-order valence-corrected chi connectivity index (χ1v) is 8.47. The van der Waals surface area contributed by atoms with E-state index in [1.165, 1.54) is 29.2 Å². The third-order valence-corrected chi connectivity index (χ3v) is 4.33. The minimum Gasteiger partial charge on any atom is -0.451 e. The Morgan fingerprint density at radius 1 is 1.25 bits per heavy atom. The topological polar surface area (TPSA) is 117 Å². The fourth-order valence-electron chi connectivity index (χ4n) is 2.33. The van der Waals surface area contributed by atoms with Crippen LogP contribution < -0.4 is 14.8 Å². The summed E-state index contributed by atoms with van der Waals surface area (Å²) in [5.41, 5.74) is 0.587. The Kier molecular flexibility index (Phi) is 4.35. The summed E-state index contributed by atoms with van der Waals surface area (Å²) in [6, 6.07) is 5.37. The largest absolute Gasteiger partial charge is 0.586 e. The van der Waals surface area contributed by atoms with E-state index in [1.54, 1.807) is 11.4 Å². The van der Waals surface area contributed by atoms with Crippen molar-refractivity contribution in [1.82, 2.24) is 20.2 Å². The van der Waals surface area contributed by atoms with Crippen LogP contribution in [0.1, 0.15) is 9.67 Å². The van der Waals surface area contributed by atoms with Gasteiger partial charge >= 0.3 is 12.3 Å². The number of hydrogen-bond acceptors (Lipinski definition) is 9. The fraction of sp³-hybridized carbons (Fsp3) is 0.133. The van der Waals surface area contributed by atoms with Crippen LogP contribution >= 0.6 is 11.3 Å². The van der Waals surface area contributed by atoms with Gasteiger partial charge in [-0.15, -0.1) is 25.2 Å². The number of alkyl halides is 2. The Hall–Kier alpha value is -3.61. The molecule has 0 saturated heterocycles. The molecule has 0 radical (unpaired) electrons. The van der Waals surface area contributed by atoms with E-state index in [-0.39, 0.29) is 22.1 Å². The third-order valence-electron chi connectivity index (χ3n) is 3.45. The molecule has 10 nitrogen and oxygen atoms in total. The lowest BCUT2D eigenvalue weighted by atomic mass is 10.3. The molecule has 0 fully saturated rings. The number of anilines is 1. The van der Waals surface area contributed by atoms with Gasteiger partial charge in [-0.1, -0.05) is 0 Å². The molecule has 1 N–H and O–H groups in total. The molecule has 0 atom stereocenters. The minimum atomic E-state index is -3.75. The molecule has 0 saturated carbocycles.